The lowest BCUT2D eigenvalue weighted by atomic mass is 9.96. The predicted octanol–water partition coefficient (Wildman–Crippen LogP) is 2.66. The number of rotatable bonds is 3. The number of hydrogen-bond donors (Lipinski definition) is 2. The van der Waals surface area contributed by atoms with Gasteiger partial charge >= 0.3 is 0 Å². The summed E-state index contributed by atoms with van der Waals surface area (Å²) in [4.78, 5) is 18.1. The number of amides is 1. The Kier molecular flexibility index (Phi) is 3.87. The molecule has 1 saturated heterocycles. The lowest BCUT2D eigenvalue weighted by molar-refractivity contribution is -0.127. The first kappa shape index (κ1) is 14.8. The Hall–Kier alpha value is -1.79. The smallest absolute Gasteiger partial charge is 0.226 e. The number of aromatic nitrogens is 1. The summed E-state index contributed by atoms with van der Waals surface area (Å²) >= 11 is 1.62. The van der Waals surface area contributed by atoms with Crippen molar-refractivity contribution in [1.29, 1.82) is 0 Å². The topological polar surface area (TPSA) is 54.0 Å². The third kappa shape index (κ3) is 2.88. The molecule has 6 heteroatoms. The summed E-state index contributed by atoms with van der Waals surface area (Å²) < 4.78 is 13.1. The number of carbonyl (C=O) groups excluding carboxylic acids is 1. The maximum Gasteiger partial charge on any atom is 0.226 e. The van der Waals surface area contributed by atoms with Gasteiger partial charge in [-0.15, -0.1) is 11.3 Å². The van der Waals surface area contributed by atoms with Crippen molar-refractivity contribution >= 4 is 17.2 Å². The number of hydrogen-bond acceptors (Lipinski definition) is 4. The first-order chi connectivity index (χ1) is 11.2. The minimum Gasteiger partial charge on any atom is -0.348 e. The molecule has 1 aromatic heterocycles. The summed E-state index contributed by atoms with van der Waals surface area (Å²) in [6.07, 6.45) is 2.95. The van der Waals surface area contributed by atoms with Crippen molar-refractivity contribution in [3.05, 3.63) is 40.7 Å². The molecule has 4 rings (SSSR count). The average molecular weight is 331 g/mol. The van der Waals surface area contributed by atoms with Crippen LogP contribution in [0.2, 0.25) is 0 Å². The molecule has 1 amide bonds. The van der Waals surface area contributed by atoms with E-state index in [1.54, 1.807) is 23.5 Å². The number of fused-ring (bicyclic) bond motifs is 1. The van der Waals surface area contributed by atoms with Gasteiger partial charge in [-0.3, -0.25) is 4.79 Å². The van der Waals surface area contributed by atoms with Gasteiger partial charge in [0.25, 0.3) is 0 Å². The molecular weight excluding hydrogens is 313 g/mol. The van der Waals surface area contributed by atoms with E-state index < -0.39 is 0 Å². The molecule has 2 aromatic rings. The maximum absolute atomic E-state index is 13.1. The highest BCUT2D eigenvalue weighted by atomic mass is 32.1. The van der Waals surface area contributed by atoms with Crippen LogP contribution in [0.5, 0.6) is 0 Å². The summed E-state index contributed by atoms with van der Waals surface area (Å²) in [7, 11) is 0. The van der Waals surface area contributed by atoms with Gasteiger partial charge in [0.05, 0.1) is 22.5 Å². The van der Waals surface area contributed by atoms with Crippen LogP contribution in [0.15, 0.2) is 24.3 Å². The molecule has 120 valence electrons. The minimum atomic E-state index is -0.241. The van der Waals surface area contributed by atoms with E-state index in [2.05, 4.69) is 10.6 Å². The second kappa shape index (κ2) is 6.02. The highest BCUT2D eigenvalue weighted by molar-refractivity contribution is 7.15. The Labute approximate surface area is 138 Å². The van der Waals surface area contributed by atoms with E-state index in [1.807, 2.05) is 0 Å². The second-order valence-electron chi connectivity index (χ2n) is 6.15. The summed E-state index contributed by atoms with van der Waals surface area (Å²) in [6.45, 7) is 1.55. The van der Waals surface area contributed by atoms with Gasteiger partial charge in [0.1, 0.15) is 10.8 Å². The van der Waals surface area contributed by atoms with E-state index in [1.165, 1.54) is 12.1 Å². The summed E-state index contributed by atoms with van der Waals surface area (Å²) in [5, 5.41) is 7.21. The average Bonchev–Trinajstić information content (AvgIpc) is 2.91. The molecule has 1 aromatic carbocycles. The maximum atomic E-state index is 13.1. The highest BCUT2D eigenvalue weighted by Crippen LogP contribution is 2.38. The molecule has 0 saturated carbocycles. The van der Waals surface area contributed by atoms with Gasteiger partial charge in [0.2, 0.25) is 5.91 Å². The Balaban J connectivity index is 1.57. The molecule has 23 heavy (non-hydrogen) atoms. The minimum absolute atomic E-state index is 0.0681. The van der Waals surface area contributed by atoms with Crippen molar-refractivity contribution in [2.75, 3.05) is 13.1 Å². The van der Waals surface area contributed by atoms with E-state index in [0.29, 0.717) is 0 Å². The van der Waals surface area contributed by atoms with Gasteiger partial charge in [-0.2, -0.15) is 0 Å². The first-order valence-corrected chi connectivity index (χ1v) is 8.79. The van der Waals surface area contributed by atoms with Crippen LogP contribution >= 0.6 is 11.3 Å². The van der Waals surface area contributed by atoms with Crippen LogP contribution in [-0.4, -0.2) is 24.0 Å². The molecule has 4 nitrogen and oxygen atoms in total. The van der Waals surface area contributed by atoms with Crippen LogP contribution in [0.25, 0.3) is 10.6 Å². The van der Waals surface area contributed by atoms with E-state index in [9.17, 15) is 9.18 Å². The fourth-order valence-electron chi connectivity index (χ4n) is 3.04. The van der Waals surface area contributed by atoms with Crippen LogP contribution in [0.4, 0.5) is 4.39 Å². The highest BCUT2D eigenvalue weighted by Gasteiger charge is 2.30. The largest absolute Gasteiger partial charge is 0.348 e. The summed E-state index contributed by atoms with van der Waals surface area (Å²) in [5.74, 6) is -0.00230. The molecule has 1 aliphatic heterocycles. The number of nitrogens with zero attached hydrogens (tertiary/aromatic N) is 1. The van der Waals surface area contributed by atoms with E-state index in [0.717, 1.165) is 53.5 Å². The van der Waals surface area contributed by atoms with Crippen LogP contribution in [0.3, 0.4) is 0 Å². The standard InChI is InChI=1S/C17H18FN3OS/c18-12-6-4-10(5-7-12)17-21-14-3-1-2-13(15(14)23-17)20-16(22)11-8-19-9-11/h4-7,11,13,19H,1-3,8-9H2,(H,20,22). The Morgan fingerprint density at radius 1 is 1.30 bits per heavy atom. The van der Waals surface area contributed by atoms with Crippen molar-refractivity contribution in [3.8, 4) is 10.6 Å². The molecule has 1 atom stereocenters. The molecule has 1 aliphatic carbocycles. The number of nitrogens with one attached hydrogen (secondary N) is 2. The van der Waals surface area contributed by atoms with E-state index >= 15 is 0 Å². The summed E-state index contributed by atoms with van der Waals surface area (Å²) in [5.41, 5.74) is 2.01. The molecule has 2 aliphatic rings. The molecule has 0 spiro atoms. The monoisotopic (exact) mass is 331 g/mol. The lowest BCUT2D eigenvalue weighted by Gasteiger charge is -2.29. The van der Waals surface area contributed by atoms with E-state index in [4.69, 9.17) is 4.98 Å². The van der Waals surface area contributed by atoms with Crippen LogP contribution < -0.4 is 10.6 Å². The van der Waals surface area contributed by atoms with Gasteiger partial charge in [-0.1, -0.05) is 0 Å². The van der Waals surface area contributed by atoms with Crippen molar-refractivity contribution in [2.45, 2.75) is 25.3 Å². The number of halogens is 1. The molecule has 2 heterocycles. The van der Waals surface area contributed by atoms with Crippen molar-refractivity contribution in [3.63, 3.8) is 0 Å². The quantitative estimate of drug-likeness (QED) is 0.909. The molecule has 1 fully saturated rings. The van der Waals surface area contributed by atoms with Gasteiger partial charge in [-0.05, 0) is 43.5 Å². The van der Waals surface area contributed by atoms with Gasteiger partial charge in [-0.25, -0.2) is 9.37 Å². The zero-order chi connectivity index (χ0) is 15.8. The van der Waals surface area contributed by atoms with Crippen LogP contribution in [-0.2, 0) is 11.2 Å². The third-order valence-electron chi connectivity index (χ3n) is 4.51. The molecule has 2 N–H and O–H groups in total. The fourth-order valence-corrected chi connectivity index (χ4v) is 4.24. The van der Waals surface area contributed by atoms with Gasteiger partial charge in [0.15, 0.2) is 0 Å². The molecule has 0 bridgehead atoms. The first-order valence-electron chi connectivity index (χ1n) is 7.97. The van der Waals surface area contributed by atoms with Gasteiger partial charge < -0.3 is 10.6 Å². The normalized spacial score (nSPS) is 20.7. The Morgan fingerprint density at radius 3 is 2.78 bits per heavy atom. The van der Waals surface area contributed by atoms with Crippen LogP contribution in [0, 0.1) is 11.7 Å². The zero-order valence-corrected chi connectivity index (χ0v) is 13.5. The number of benzene rings is 1. The third-order valence-corrected chi connectivity index (χ3v) is 5.77. The molecule has 0 radical (unpaired) electrons. The zero-order valence-electron chi connectivity index (χ0n) is 12.6. The van der Waals surface area contributed by atoms with Crippen LogP contribution in [0.1, 0.15) is 29.5 Å². The predicted molar refractivity (Wildman–Crippen MR) is 87.7 cm³/mol. The number of aryl methyl sites for hydroxylation is 1. The molecular formula is C17H18FN3OS. The lowest BCUT2D eigenvalue weighted by Crippen LogP contribution is -2.51. The van der Waals surface area contributed by atoms with E-state index in [-0.39, 0.29) is 23.7 Å². The van der Waals surface area contributed by atoms with Crippen molar-refractivity contribution in [2.24, 2.45) is 5.92 Å². The Morgan fingerprint density at radius 2 is 2.09 bits per heavy atom. The van der Waals surface area contributed by atoms with Crippen molar-refractivity contribution < 1.29 is 9.18 Å². The second-order valence-corrected chi connectivity index (χ2v) is 7.18. The van der Waals surface area contributed by atoms with Crippen molar-refractivity contribution in [1.82, 2.24) is 15.6 Å². The van der Waals surface area contributed by atoms with Gasteiger partial charge in [0, 0.05) is 18.7 Å². The number of carbonyl (C=O) groups is 1. The summed E-state index contributed by atoms with van der Waals surface area (Å²) in [6, 6.07) is 6.50. The number of thiazole rings is 1. The Bertz CT molecular complexity index is 724. The fraction of sp³-hybridized carbons (Fsp3) is 0.412. The molecule has 1 unspecified atom stereocenters. The SMILES string of the molecule is O=C(NC1CCCc2nc(-c3ccc(F)cc3)sc21)C1CNC1.